The lowest BCUT2D eigenvalue weighted by molar-refractivity contribution is -0.147. The molecule has 0 radical (unpaired) electrons. The van der Waals surface area contributed by atoms with Gasteiger partial charge in [0, 0.05) is 24.7 Å². The number of hydrogen-bond acceptors (Lipinski definition) is 3. The number of aliphatic carboxylic acids is 2. The molecule has 2 N–H and O–H groups in total. The molecule has 0 spiro atoms. The fourth-order valence-electron chi connectivity index (χ4n) is 6.00. The van der Waals surface area contributed by atoms with Crippen molar-refractivity contribution in [3.05, 3.63) is 0 Å². The van der Waals surface area contributed by atoms with Gasteiger partial charge in [-0.15, -0.1) is 0 Å². The molecule has 0 saturated heterocycles. The molecular weight excluding hydrogens is 296 g/mol. The SMILES string of the molecule is C[C@]12CC[C@H]3[C@@H](CC[C@@H](CC(=O)O)[C@@H]3CC(=O)O)[C@@H]1CCC2=O. The third-order valence-corrected chi connectivity index (χ3v) is 7.07. The number of fused-ring (bicyclic) bond motifs is 3. The molecule has 6 atom stereocenters. The summed E-state index contributed by atoms with van der Waals surface area (Å²) in [4.78, 5) is 34.8. The summed E-state index contributed by atoms with van der Waals surface area (Å²) in [6.45, 7) is 2.10. The Morgan fingerprint density at radius 1 is 1.04 bits per heavy atom. The number of carboxylic acids is 2. The van der Waals surface area contributed by atoms with E-state index >= 15 is 0 Å². The summed E-state index contributed by atoms with van der Waals surface area (Å²) in [5.74, 6) is -0.335. The van der Waals surface area contributed by atoms with Gasteiger partial charge in [0.05, 0.1) is 0 Å². The van der Waals surface area contributed by atoms with Crippen molar-refractivity contribution in [2.75, 3.05) is 0 Å². The number of hydrogen-bond donors (Lipinski definition) is 2. The lowest BCUT2D eigenvalue weighted by Crippen LogP contribution is -2.48. The molecule has 0 heterocycles. The first-order valence-corrected chi connectivity index (χ1v) is 8.80. The first-order valence-electron chi connectivity index (χ1n) is 8.80. The predicted molar refractivity (Wildman–Crippen MR) is 82.8 cm³/mol. The number of Topliss-reactive ketones (excluding diaryl/α,β-unsaturated/α-hetero) is 1. The molecule has 5 heteroatoms. The van der Waals surface area contributed by atoms with Crippen LogP contribution in [0.5, 0.6) is 0 Å². The number of ketones is 1. The minimum absolute atomic E-state index is 0.0358. The molecule has 0 aromatic carbocycles. The average Bonchev–Trinajstić information content (AvgIpc) is 2.76. The van der Waals surface area contributed by atoms with Gasteiger partial charge in [0.2, 0.25) is 0 Å². The Morgan fingerprint density at radius 3 is 2.39 bits per heavy atom. The van der Waals surface area contributed by atoms with Crippen molar-refractivity contribution in [2.24, 2.45) is 35.0 Å². The molecule has 3 aliphatic rings. The highest BCUT2D eigenvalue weighted by Crippen LogP contribution is 2.60. The zero-order valence-corrected chi connectivity index (χ0v) is 13.7. The van der Waals surface area contributed by atoms with Gasteiger partial charge in [-0.2, -0.15) is 0 Å². The molecule has 0 aromatic heterocycles. The van der Waals surface area contributed by atoms with Gasteiger partial charge >= 0.3 is 11.9 Å². The molecule has 3 saturated carbocycles. The Balaban J connectivity index is 1.84. The van der Waals surface area contributed by atoms with E-state index in [0.29, 0.717) is 24.0 Å². The number of carboxylic acid groups (broad SMARTS) is 2. The molecule has 0 amide bonds. The Hall–Kier alpha value is -1.39. The summed E-state index contributed by atoms with van der Waals surface area (Å²) in [5, 5.41) is 18.4. The Morgan fingerprint density at radius 2 is 1.74 bits per heavy atom. The summed E-state index contributed by atoms with van der Waals surface area (Å²) >= 11 is 0. The molecule has 3 rings (SSSR count). The number of rotatable bonds is 4. The molecular formula is C18H26O5. The van der Waals surface area contributed by atoms with Crippen LogP contribution in [-0.4, -0.2) is 27.9 Å². The molecule has 0 aliphatic heterocycles. The van der Waals surface area contributed by atoms with Gasteiger partial charge in [-0.3, -0.25) is 14.4 Å². The van der Waals surface area contributed by atoms with E-state index in [9.17, 15) is 19.5 Å². The maximum absolute atomic E-state index is 12.3. The van der Waals surface area contributed by atoms with Crippen LogP contribution in [0.15, 0.2) is 0 Å². The average molecular weight is 322 g/mol. The van der Waals surface area contributed by atoms with Gasteiger partial charge in [-0.1, -0.05) is 6.92 Å². The summed E-state index contributed by atoms with van der Waals surface area (Å²) in [5.41, 5.74) is -0.214. The quantitative estimate of drug-likeness (QED) is 0.830. The molecule has 128 valence electrons. The van der Waals surface area contributed by atoms with E-state index in [2.05, 4.69) is 6.92 Å². The maximum Gasteiger partial charge on any atom is 0.303 e. The zero-order valence-electron chi connectivity index (χ0n) is 13.7. The van der Waals surface area contributed by atoms with Crippen molar-refractivity contribution >= 4 is 17.7 Å². The Bertz CT molecular complexity index is 528. The number of carbonyl (C=O) groups excluding carboxylic acids is 1. The summed E-state index contributed by atoms with van der Waals surface area (Å²) in [6.07, 6.45) is 5.18. The molecule has 3 aliphatic carbocycles. The topological polar surface area (TPSA) is 91.7 Å². The van der Waals surface area contributed by atoms with Crippen molar-refractivity contribution in [1.82, 2.24) is 0 Å². The highest BCUT2D eigenvalue weighted by molar-refractivity contribution is 5.87. The molecule has 0 aromatic rings. The fraction of sp³-hybridized carbons (Fsp3) is 0.833. The van der Waals surface area contributed by atoms with E-state index < -0.39 is 11.9 Å². The van der Waals surface area contributed by atoms with E-state index in [1.807, 2.05) is 0 Å². The van der Waals surface area contributed by atoms with Crippen molar-refractivity contribution in [3.8, 4) is 0 Å². The Kier molecular flexibility index (Phi) is 4.23. The largest absolute Gasteiger partial charge is 0.481 e. The van der Waals surface area contributed by atoms with Crippen LogP contribution in [-0.2, 0) is 14.4 Å². The lowest BCUT2D eigenvalue weighted by atomic mass is 9.51. The highest BCUT2D eigenvalue weighted by atomic mass is 16.4. The van der Waals surface area contributed by atoms with E-state index in [4.69, 9.17) is 5.11 Å². The van der Waals surface area contributed by atoms with Gasteiger partial charge in [0.15, 0.2) is 0 Å². The molecule has 23 heavy (non-hydrogen) atoms. The van der Waals surface area contributed by atoms with Crippen LogP contribution in [0.4, 0.5) is 0 Å². The van der Waals surface area contributed by atoms with Crippen molar-refractivity contribution < 1.29 is 24.6 Å². The summed E-state index contributed by atoms with van der Waals surface area (Å²) in [6, 6.07) is 0. The molecule has 0 bridgehead atoms. The predicted octanol–water partition coefficient (Wildman–Crippen LogP) is 2.97. The summed E-state index contributed by atoms with van der Waals surface area (Å²) in [7, 11) is 0. The Labute approximate surface area is 136 Å². The van der Waals surface area contributed by atoms with Crippen molar-refractivity contribution in [2.45, 2.75) is 58.3 Å². The maximum atomic E-state index is 12.3. The van der Waals surface area contributed by atoms with Crippen LogP contribution in [0.2, 0.25) is 0 Å². The van der Waals surface area contributed by atoms with Crippen LogP contribution in [0.25, 0.3) is 0 Å². The third-order valence-electron chi connectivity index (χ3n) is 7.07. The van der Waals surface area contributed by atoms with Crippen LogP contribution in [0, 0.1) is 35.0 Å². The van der Waals surface area contributed by atoms with Gasteiger partial charge < -0.3 is 10.2 Å². The molecule has 0 unspecified atom stereocenters. The van der Waals surface area contributed by atoms with Gasteiger partial charge in [-0.05, 0) is 61.7 Å². The van der Waals surface area contributed by atoms with Crippen LogP contribution >= 0.6 is 0 Å². The minimum atomic E-state index is -0.833. The standard InChI is InChI=1S/C18H26O5/c1-18-7-6-11-12(14(18)4-5-15(18)19)3-2-10(8-16(20)21)13(11)9-17(22)23/h10-14H,2-9H2,1H3,(H,20,21)(H,22,23)/t10-,11-,12+,13-,14-,18-/m0/s1. The zero-order chi connectivity index (χ0) is 16.8. The second kappa shape index (κ2) is 5.91. The van der Waals surface area contributed by atoms with Crippen LogP contribution in [0.3, 0.4) is 0 Å². The van der Waals surface area contributed by atoms with E-state index in [1.165, 1.54) is 0 Å². The fourth-order valence-corrected chi connectivity index (χ4v) is 6.00. The third kappa shape index (κ3) is 2.79. The van der Waals surface area contributed by atoms with Crippen molar-refractivity contribution in [3.63, 3.8) is 0 Å². The van der Waals surface area contributed by atoms with Crippen LogP contribution < -0.4 is 0 Å². The number of carbonyl (C=O) groups is 3. The smallest absolute Gasteiger partial charge is 0.303 e. The lowest BCUT2D eigenvalue weighted by Gasteiger charge is -2.52. The second-order valence-electron chi connectivity index (χ2n) is 8.05. The normalized spacial score (nSPS) is 42.8. The van der Waals surface area contributed by atoms with Crippen LogP contribution in [0.1, 0.15) is 58.3 Å². The van der Waals surface area contributed by atoms with E-state index in [0.717, 1.165) is 32.1 Å². The monoisotopic (exact) mass is 322 g/mol. The van der Waals surface area contributed by atoms with E-state index in [-0.39, 0.29) is 36.0 Å². The van der Waals surface area contributed by atoms with Gasteiger partial charge in [0.1, 0.15) is 5.78 Å². The van der Waals surface area contributed by atoms with E-state index in [1.54, 1.807) is 0 Å². The molecule has 3 fully saturated rings. The van der Waals surface area contributed by atoms with Crippen molar-refractivity contribution in [1.29, 1.82) is 0 Å². The minimum Gasteiger partial charge on any atom is -0.481 e. The van der Waals surface area contributed by atoms with Gasteiger partial charge in [0.25, 0.3) is 0 Å². The summed E-state index contributed by atoms with van der Waals surface area (Å²) < 4.78 is 0. The second-order valence-corrected chi connectivity index (χ2v) is 8.05. The first-order chi connectivity index (χ1) is 10.8. The van der Waals surface area contributed by atoms with Gasteiger partial charge in [-0.25, -0.2) is 0 Å². The highest BCUT2D eigenvalue weighted by Gasteiger charge is 2.56. The molecule has 5 nitrogen and oxygen atoms in total. The first kappa shape index (κ1) is 16.5.